The summed E-state index contributed by atoms with van der Waals surface area (Å²) in [7, 11) is 0. The SMILES string of the molecule is Cc1cc(C)cc(NC2CCC(C(C)C)CC2)c1. The number of hydrogen-bond acceptors (Lipinski definition) is 1. The second-order valence-corrected chi connectivity index (χ2v) is 6.38. The fraction of sp³-hybridized carbons (Fsp3) is 0.647. The standard InChI is InChI=1S/C17H27N/c1-12(2)15-5-7-16(8-6-15)18-17-10-13(3)9-14(4)11-17/h9-12,15-16,18H,5-8H2,1-4H3. The van der Waals surface area contributed by atoms with Crippen LogP contribution in [0.2, 0.25) is 0 Å². The van der Waals surface area contributed by atoms with Gasteiger partial charge in [0.1, 0.15) is 0 Å². The smallest absolute Gasteiger partial charge is 0.0347 e. The monoisotopic (exact) mass is 245 g/mol. The van der Waals surface area contributed by atoms with Gasteiger partial charge in [0.2, 0.25) is 0 Å². The van der Waals surface area contributed by atoms with Crippen LogP contribution in [0, 0.1) is 25.7 Å². The summed E-state index contributed by atoms with van der Waals surface area (Å²) in [6.07, 6.45) is 5.44. The van der Waals surface area contributed by atoms with Crippen LogP contribution in [0.15, 0.2) is 18.2 Å². The van der Waals surface area contributed by atoms with Crippen molar-refractivity contribution in [2.24, 2.45) is 11.8 Å². The molecule has 0 heterocycles. The van der Waals surface area contributed by atoms with Gasteiger partial charge in [0.05, 0.1) is 0 Å². The average Bonchev–Trinajstić information content (AvgIpc) is 2.28. The predicted molar refractivity (Wildman–Crippen MR) is 80.1 cm³/mol. The van der Waals surface area contributed by atoms with E-state index in [4.69, 9.17) is 0 Å². The number of aryl methyl sites for hydroxylation is 2. The molecule has 1 fully saturated rings. The van der Waals surface area contributed by atoms with E-state index in [2.05, 4.69) is 51.2 Å². The molecule has 1 aromatic rings. The third-order valence-electron chi connectivity index (χ3n) is 4.31. The van der Waals surface area contributed by atoms with E-state index in [9.17, 15) is 0 Å². The lowest BCUT2D eigenvalue weighted by molar-refractivity contribution is 0.267. The van der Waals surface area contributed by atoms with Crippen molar-refractivity contribution in [3.05, 3.63) is 29.3 Å². The zero-order chi connectivity index (χ0) is 13.1. The van der Waals surface area contributed by atoms with Crippen LogP contribution in [0.5, 0.6) is 0 Å². The average molecular weight is 245 g/mol. The van der Waals surface area contributed by atoms with Crippen molar-refractivity contribution in [2.75, 3.05) is 5.32 Å². The molecule has 1 N–H and O–H groups in total. The van der Waals surface area contributed by atoms with Gasteiger partial charge in [0, 0.05) is 11.7 Å². The van der Waals surface area contributed by atoms with Crippen molar-refractivity contribution in [3.8, 4) is 0 Å². The van der Waals surface area contributed by atoms with E-state index in [1.807, 2.05) is 0 Å². The van der Waals surface area contributed by atoms with Gasteiger partial charge >= 0.3 is 0 Å². The highest BCUT2D eigenvalue weighted by Gasteiger charge is 2.22. The molecule has 18 heavy (non-hydrogen) atoms. The second-order valence-electron chi connectivity index (χ2n) is 6.38. The Labute approximate surface area is 112 Å². The van der Waals surface area contributed by atoms with Gasteiger partial charge in [-0.1, -0.05) is 19.9 Å². The van der Waals surface area contributed by atoms with E-state index in [1.165, 1.54) is 42.5 Å². The number of rotatable bonds is 3. The Morgan fingerprint density at radius 3 is 2.00 bits per heavy atom. The van der Waals surface area contributed by atoms with Gasteiger partial charge in [-0.2, -0.15) is 0 Å². The van der Waals surface area contributed by atoms with Crippen LogP contribution in [0.25, 0.3) is 0 Å². The van der Waals surface area contributed by atoms with E-state index in [-0.39, 0.29) is 0 Å². The maximum absolute atomic E-state index is 3.72. The molecule has 0 bridgehead atoms. The van der Waals surface area contributed by atoms with Crippen LogP contribution in [-0.4, -0.2) is 6.04 Å². The number of anilines is 1. The molecule has 1 aliphatic rings. The molecule has 0 spiro atoms. The van der Waals surface area contributed by atoms with Gasteiger partial charge in [0.25, 0.3) is 0 Å². The van der Waals surface area contributed by atoms with Crippen molar-refractivity contribution in [1.29, 1.82) is 0 Å². The van der Waals surface area contributed by atoms with Gasteiger partial charge < -0.3 is 5.32 Å². The molecule has 2 rings (SSSR count). The first-order valence-electron chi connectivity index (χ1n) is 7.39. The van der Waals surface area contributed by atoms with E-state index >= 15 is 0 Å². The summed E-state index contributed by atoms with van der Waals surface area (Å²) >= 11 is 0. The lowest BCUT2D eigenvalue weighted by Crippen LogP contribution is -2.27. The Morgan fingerprint density at radius 2 is 1.50 bits per heavy atom. The highest BCUT2D eigenvalue weighted by molar-refractivity contribution is 5.49. The molecule has 0 saturated heterocycles. The minimum atomic E-state index is 0.682. The molecular formula is C17H27N. The molecule has 1 saturated carbocycles. The summed E-state index contributed by atoms with van der Waals surface area (Å²) in [5.41, 5.74) is 4.02. The highest BCUT2D eigenvalue weighted by Crippen LogP contribution is 2.31. The van der Waals surface area contributed by atoms with Crippen molar-refractivity contribution in [2.45, 2.75) is 59.4 Å². The molecular weight excluding hydrogens is 218 g/mol. The zero-order valence-corrected chi connectivity index (χ0v) is 12.3. The summed E-state index contributed by atoms with van der Waals surface area (Å²) in [6.45, 7) is 9.08. The minimum Gasteiger partial charge on any atom is -0.382 e. The van der Waals surface area contributed by atoms with Crippen LogP contribution in [0.4, 0.5) is 5.69 Å². The van der Waals surface area contributed by atoms with Gasteiger partial charge in [-0.05, 0) is 74.6 Å². The summed E-state index contributed by atoms with van der Waals surface area (Å²) < 4.78 is 0. The molecule has 100 valence electrons. The topological polar surface area (TPSA) is 12.0 Å². The lowest BCUT2D eigenvalue weighted by Gasteiger charge is -2.32. The van der Waals surface area contributed by atoms with Gasteiger partial charge in [-0.15, -0.1) is 0 Å². The Morgan fingerprint density at radius 1 is 0.944 bits per heavy atom. The highest BCUT2D eigenvalue weighted by atomic mass is 14.9. The number of benzene rings is 1. The fourth-order valence-corrected chi connectivity index (χ4v) is 3.22. The molecule has 1 nitrogen and oxygen atoms in total. The van der Waals surface area contributed by atoms with Crippen LogP contribution in [-0.2, 0) is 0 Å². The van der Waals surface area contributed by atoms with Crippen molar-refractivity contribution < 1.29 is 0 Å². The van der Waals surface area contributed by atoms with Gasteiger partial charge in [-0.3, -0.25) is 0 Å². The first-order chi connectivity index (χ1) is 8.54. The molecule has 0 unspecified atom stereocenters. The summed E-state index contributed by atoms with van der Waals surface area (Å²) in [5.74, 6) is 1.80. The third-order valence-corrected chi connectivity index (χ3v) is 4.31. The van der Waals surface area contributed by atoms with Crippen molar-refractivity contribution in [3.63, 3.8) is 0 Å². The summed E-state index contributed by atoms with van der Waals surface area (Å²) in [6, 6.07) is 7.45. The first kappa shape index (κ1) is 13.5. The van der Waals surface area contributed by atoms with Crippen LogP contribution in [0.1, 0.15) is 50.7 Å². The van der Waals surface area contributed by atoms with Crippen LogP contribution in [0.3, 0.4) is 0 Å². The van der Waals surface area contributed by atoms with E-state index in [0.29, 0.717) is 6.04 Å². The molecule has 1 aliphatic carbocycles. The fourth-order valence-electron chi connectivity index (χ4n) is 3.22. The van der Waals surface area contributed by atoms with E-state index in [0.717, 1.165) is 11.8 Å². The molecule has 1 aromatic carbocycles. The van der Waals surface area contributed by atoms with E-state index < -0.39 is 0 Å². The Hall–Kier alpha value is -0.980. The van der Waals surface area contributed by atoms with Gasteiger partial charge in [0.15, 0.2) is 0 Å². The van der Waals surface area contributed by atoms with E-state index in [1.54, 1.807) is 0 Å². The maximum Gasteiger partial charge on any atom is 0.0347 e. The molecule has 0 amide bonds. The molecule has 0 radical (unpaired) electrons. The maximum atomic E-state index is 3.72. The Bertz CT molecular complexity index is 366. The summed E-state index contributed by atoms with van der Waals surface area (Å²) in [4.78, 5) is 0. The quantitative estimate of drug-likeness (QED) is 0.796. The van der Waals surface area contributed by atoms with Crippen LogP contribution >= 0.6 is 0 Å². The molecule has 1 heteroatoms. The summed E-state index contributed by atoms with van der Waals surface area (Å²) in [5, 5.41) is 3.72. The zero-order valence-electron chi connectivity index (χ0n) is 12.3. The largest absolute Gasteiger partial charge is 0.382 e. The molecule has 0 aromatic heterocycles. The second kappa shape index (κ2) is 5.77. The minimum absolute atomic E-state index is 0.682. The lowest BCUT2D eigenvalue weighted by atomic mass is 9.79. The Kier molecular flexibility index (Phi) is 4.31. The van der Waals surface area contributed by atoms with Crippen LogP contribution < -0.4 is 5.32 Å². The molecule has 0 aliphatic heterocycles. The predicted octanol–water partition coefficient (Wildman–Crippen LogP) is 4.93. The van der Waals surface area contributed by atoms with Crippen molar-refractivity contribution >= 4 is 5.69 Å². The number of nitrogens with one attached hydrogen (secondary N) is 1. The molecule has 0 atom stereocenters. The normalized spacial score (nSPS) is 24.3. The first-order valence-corrected chi connectivity index (χ1v) is 7.39. The Balaban J connectivity index is 1.91. The third kappa shape index (κ3) is 3.51. The number of hydrogen-bond donors (Lipinski definition) is 1. The van der Waals surface area contributed by atoms with Crippen molar-refractivity contribution in [1.82, 2.24) is 0 Å². The van der Waals surface area contributed by atoms with Gasteiger partial charge in [-0.25, -0.2) is 0 Å².